The van der Waals surface area contributed by atoms with Gasteiger partial charge in [-0.15, -0.1) is 0 Å². The molecule has 0 amide bonds. The Morgan fingerprint density at radius 2 is 1.89 bits per heavy atom. The lowest BCUT2D eigenvalue weighted by atomic mass is 9.98. The van der Waals surface area contributed by atoms with E-state index in [0.717, 1.165) is 18.5 Å². The normalized spacial score (nSPS) is 16.2. The Morgan fingerprint density at radius 3 is 2.61 bits per heavy atom. The Labute approximate surface area is 109 Å². The minimum Gasteiger partial charge on any atom is -0.462 e. The first-order chi connectivity index (χ1) is 8.84. The Kier molecular flexibility index (Phi) is 5.06. The average molecular weight is 247 g/mol. The highest BCUT2D eigenvalue weighted by Crippen LogP contribution is 2.20. The first-order valence-corrected chi connectivity index (χ1v) is 6.83. The van der Waals surface area contributed by atoms with E-state index in [-0.39, 0.29) is 12.1 Å². The number of carbonyl (C=O) groups excluding carboxylic acids is 1. The molecule has 1 aliphatic carbocycles. The third kappa shape index (κ3) is 4.40. The minimum atomic E-state index is -0.0784. The number of nitrogens with one attached hydrogen (secondary N) is 1. The summed E-state index contributed by atoms with van der Waals surface area (Å²) in [7, 11) is 0. The number of para-hydroxylation sites is 1. The van der Waals surface area contributed by atoms with Crippen molar-refractivity contribution in [3.8, 4) is 0 Å². The number of anilines is 1. The summed E-state index contributed by atoms with van der Waals surface area (Å²) < 4.78 is 5.45. The zero-order valence-electron chi connectivity index (χ0n) is 10.7. The van der Waals surface area contributed by atoms with Crippen LogP contribution >= 0.6 is 0 Å². The molecule has 1 aromatic carbocycles. The second-order valence-corrected chi connectivity index (χ2v) is 4.79. The Bertz CT molecular complexity index is 358. The third-order valence-corrected chi connectivity index (χ3v) is 3.28. The number of ether oxygens (including phenoxy) is 1. The van der Waals surface area contributed by atoms with E-state index in [0.29, 0.717) is 13.0 Å². The molecule has 3 nitrogen and oxygen atoms in total. The maximum atomic E-state index is 11.6. The smallest absolute Gasteiger partial charge is 0.307 e. The van der Waals surface area contributed by atoms with Crippen LogP contribution in [0.1, 0.15) is 38.5 Å². The van der Waals surface area contributed by atoms with Crippen molar-refractivity contribution >= 4 is 11.7 Å². The fourth-order valence-electron chi connectivity index (χ4n) is 2.29. The second-order valence-electron chi connectivity index (χ2n) is 4.79. The molecule has 0 spiro atoms. The van der Waals surface area contributed by atoms with E-state index < -0.39 is 0 Å². The minimum absolute atomic E-state index is 0.0784. The summed E-state index contributed by atoms with van der Waals surface area (Å²) >= 11 is 0. The molecule has 1 aliphatic rings. The predicted molar refractivity (Wildman–Crippen MR) is 72.5 cm³/mol. The molecule has 1 fully saturated rings. The van der Waals surface area contributed by atoms with Gasteiger partial charge in [0.15, 0.2) is 0 Å². The van der Waals surface area contributed by atoms with Crippen LogP contribution in [-0.4, -0.2) is 18.6 Å². The van der Waals surface area contributed by atoms with Crippen LogP contribution in [0.5, 0.6) is 0 Å². The van der Waals surface area contributed by atoms with Crippen LogP contribution in [0.25, 0.3) is 0 Å². The van der Waals surface area contributed by atoms with Crippen molar-refractivity contribution in [1.82, 2.24) is 0 Å². The maximum Gasteiger partial charge on any atom is 0.307 e. The van der Waals surface area contributed by atoms with Gasteiger partial charge in [-0.25, -0.2) is 0 Å². The first-order valence-electron chi connectivity index (χ1n) is 6.83. The molecule has 0 unspecified atom stereocenters. The van der Waals surface area contributed by atoms with Crippen LogP contribution in [0, 0.1) is 0 Å². The quantitative estimate of drug-likeness (QED) is 0.811. The van der Waals surface area contributed by atoms with E-state index >= 15 is 0 Å². The first kappa shape index (κ1) is 12.9. The van der Waals surface area contributed by atoms with Crippen LogP contribution in [0.15, 0.2) is 30.3 Å². The van der Waals surface area contributed by atoms with Crippen LogP contribution in [0.3, 0.4) is 0 Å². The molecule has 0 aromatic heterocycles. The summed E-state index contributed by atoms with van der Waals surface area (Å²) in [5.74, 6) is -0.0784. The number of hydrogen-bond acceptors (Lipinski definition) is 3. The zero-order valence-corrected chi connectivity index (χ0v) is 10.7. The fraction of sp³-hybridized carbons (Fsp3) is 0.533. The lowest BCUT2D eigenvalue weighted by molar-refractivity contribution is -0.150. The fourth-order valence-corrected chi connectivity index (χ4v) is 2.29. The number of rotatable bonds is 5. The lowest BCUT2D eigenvalue weighted by Gasteiger charge is -2.21. The molecular weight excluding hydrogens is 226 g/mol. The van der Waals surface area contributed by atoms with E-state index in [1.807, 2.05) is 30.3 Å². The molecule has 98 valence electrons. The van der Waals surface area contributed by atoms with Gasteiger partial charge in [0.25, 0.3) is 0 Å². The van der Waals surface area contributed by atoms with Crippen LogP contribution in [0.2, 0.25) is 0 Å². The molecule has 0 bridgehead atoms. The summed E-state index contributed by atoms with van der Waals surface area (Å²) in [6, 6.07) is 9.91. The van der Waals surface area contributed by atoms with E-state index in [1.54, 1.807) is 0 Å². The molecule has 18 heavy (non-hydrogen) atoms. The number of esters is 1. The summed E-state index contributed by atoms with van der Waals surface area (Å²) in [6.07, 6.45) is 6.36. The molecule has 3 heteroatoms. The van der Waals surface area contributed by atoms with E-state index in [2.05, 4.69) is 5.32 Å². The molecule has 0 radical (unpaired) electrons. The van der Waals surface area contributed by atoms with E-state index in [1.165, 1.54) is 19.3 Å². The molecule has 1 saturated carbocycles. The molecular formula is C15H21NO2. The van der Waals surface area contributed by atoms with Crippen molar-refractivity contribution in [3.05, 3.63) is 30.3 Å². The van der Waals surface area contributed by atoms with Gasteiger partial charge in [0.05, 0.1) is 6.42 Å². The van der Waals surface area contributed by atoms with Crippen molar-refractivity contribution in [2.24, 2.45) is 0 Å². The highest BCUT2D eigenvalue weighted by molar-refractivity contribution is 5.70. The van der Waals surface area contributed by atoms with Gasteiger partial charge in [-0.3, -0.25) is 4.79 Å². The van der Waals surface area contributed by atoms with Crippen LogP contribution < -0.4 is 5.32 Å². The molecule has 0 saturated heterocycles. The second kappa shape index (κ2) is 7.04. The number of benzene rings is 1. The highest BCUT2D eigenvalue weighted by atomic mass is 16.5. The monoisotopic (exact) mass is 247 g/mol. The summed E-state index contributed by atoms with van der Waals surface area (Å²) in [4.78, 5) is 11.6. The third-order valence-electron chi connectivity index (χ3n) is 3.28. The predicted octanol–water partition coefficient (Wildman–Crippen LogP) is 3.36. The van der Waals surface area contributed by atoms with Crippen molar-refractivity contribution in [2.75, 3.05) is 11.9 Å². The zero-order chi connectivity index (χ0) is 12.6. The Hall–Kier alpha value is -1.51. The largest absolute Gasteiger partial charge is 0.462 e. The van der Waals surface area contributed by atoms with Gasteiger partial charge in [-0.1, -0.05) is 24.6 Å². The van der Waals surface area contributed by atoms with Crippen LogP contribution in [0.4, 0.5) is 5.69 Å². The molecule has 0 heterocycles. The number of hydrogen-bond donors (Lipinski definition) is 1. The topological polar surface area (TPSA) is 38.3 Å². The van der Waals surface area contributed by atoms with Gasteiger partial charge in [-0.2, -0.15) is 0 Å². The van der Waals surface area contributed by atoms with Crippen molar-refractivity contribution in [1.29, 1.82) is 0 Å². The van der Waals surface area contributed by atoms with Gasteiger partial charge in [0.1, 0.15) is 6.10 Å². The summed E-state index contributed by atoms with van der Waals surface area (Å²) in [5.41, 5.74) is 1.04. The maximum absolute atomic E-state index is 11.6. The number of carbonyl (C=O) groups is 1. The van der Waals surface area contributed by atoms with Gasteiger partial charge in [0.2, 0.25) is 0 Å². The molecule has 1 aromatic rings. The van der Waals surface area contributed by atoms with Crippen molar-refractivity contribution in [2.45, 2.75) is 44.6 Å². The SMILES string of the molecule is O=C(CCNc1ccccc1)OC1CCCCC1. The Morgan fingerprint density at radius 1 is 1.17 bits per heavy atom. The molecule has 0 aliphatic heterocycles. The lowest BCUT2D eigenvalue weighted by Crippen LogP contribution is -2.22. The van der Waals surface area contributed by atoms with Gasteiger partial charge >= 0.3 is 5.97 Å². The average Bonchev–Trinajstić information content (AvgIpc) is 2.41. The molecule has 0 atom stereocenters. The van der Waals surface area contributed by atoms with E-state index in [4.69, 9.17) is 4.74 Å². The highest BCUT2D eigenvalue weighted by Gasteiger charge is 2.17. The van der Waals surface area contributed by atoms with Gasteiger partial charge < -0.3 is 10.1 Å². The van der Waals surface area contributed by atoms with Crippen molar-refractivity contribution in [3.63, 3.8) is 0 Å². The summed E-state index contributed by atoms with van der Waals surface area (Å²) in [5, 5.41) is 3.21. The van der Waals surface area contributed by atoms with Gasteiger partial charge in [0, 0.05) is 12.2 Å². The molecule has 2 rings (SSSR count). The standard InChI is InChI=1S/C15H21NO2/c17-15(18-14-9-5-2-6-10-14)11-12-16-13-7-3-1-4-8-13/h1,3-4,7-8,14,16H,2,5-6,9-12H2. The van der Waals surface area contributed by atoms with E-state index in [9.17, 15) is 4.79 Å². The van der Waals surface area contributed by atoms with Crippen molar-refractivity contribution < 1.29 is 9.53 Å². The van der Waals surface area contributed by atoms with Crippen LogP contribution in [-0.2, 0) is 9.53 Å². The van der Waals surface area contributed by atoms with Gasteiger partial charge in [-0.05, 0) is 37.8 Å². The summed E-state index contributed by atoms with van der Waals surface area (Å²) in [6.45, 7) is 0.634. The molecule has 1 N–H and O–H groups in total. The Balaban J connectivity index is 1.62.